The number of rotatable bonds is 3. The number of hydrogen-bond donors (Lipinski definition) is 2. The van der Waals surface area contributed by atoms with E-state index in [4.69, 9.17) is 5.11 Å². The lowest BCUT2D eigenvalue weighted by Crippen LogP contribution is -2.49. The second-order valence-electron chi connectivity index (χ2n) is 5.18. The molecule has 10 heteroatoms. The lowest BCUT2D eigenvalue weighted by molar-refractivity contribution is -0.144. The number of benzene rings is 1. The number of alkyl halides is 6. The molecule has 23 heavy (non-hydrogen) atoms. The average Bonchev–Trinajstić information content (AvgIpc) is 2.35. The van der Waals surface area contributed by atoms with Crippen LogP contribution in [-0.2, 0) is 17.1 Å². The molecule has 0 atom stereocenters. The van der Waals surface area contributed by atoms with Crippen LogP contribution in [0, 0.1) is 0 Å². The van der Waals surface area contributed by atoms with E-state index in [1.807, 2.05) is 5.32 Å². The summed E-state index contributed by atoms with van der Waals surface area (Å²) in [5, 5.41) is 10.7. The van der Waals surface area contributed by atoms with Gasteiger partial charge in [-0.1, -0.05) is 0 Å². The second kappa shape index (κ2) is 5.74. The molecular formula is C13H11F6NO3. The van der Waals surface area contributed by atoms with E-state index in [0.29, 0.717) is 0 Å². The molecule has 4 nitrogen and oxygen atoms in total. The first-order valence-electron chi connectivity index (χ1n) is 6.00. The largest absolute Gasteiger partial charge is 0.480 e. The van der Waals surface area contributed by atoms with Crippen molar-refractivity contribution in [3.8, 4) is 0 Å². The molecule has 128 valence electrons. The fraction of sp³-hybridized carbons (Fsp3) is 0.385. The molecule has 0 bridgehead atoms. The topological polar surface area (TPSA) is 66.4 Å². The van der Waals surface area contributed by atoms with Crippen molar-refractivity contribution >= 4 is 11.9 Å². The normalized spacial score (nSPS) is 12.9. The van der Waals surface area contributed by atoms with Crippen LogP contribution in [0.1, 0.15) is 35.3 Å². The Morgan fingerprint density at radius 1 is 0.913 bits per heavy atom. The van der Waals surface area contributed by atoms with E-state index in [1.165, 1.54) is 0 Å². The van der Waals surface area contributed by atoms with Gasteiger partial charge in [0.05, 0.1) is 11.1 Å². The molecule has 0 aliphatic rings. The Morgan fingerprint density at radius 3 is 1.61 bits per heavy atom. The van der Waals surface area contributed by atoms with Crippen molar-refractivity contribution in [3.63, 3.8) is 0 Å². The molecule has 2 N–H and O–H groups in total. The summed E-state index contributed by atoms with van der Waals surface area (Å²) in [6, 6.07) is 0.324. The molecule has 1 rings (SSSR count). The highest BCUT2D eigenvalue weighted by molar-refractivity contribution is 5.98. The van der Waals surface area contributed by atoms with E-state index >= 15 is 0 Å². The highest BCUT2D eigenvalue weighted by Gasteiger charge is 2.38. The Labute approximate surface area is 126 Å². The average molecular weight is 343 g/mol. The SMILES string of the molecule is CC(C)(NC(=O)c1cc(C(F)(F)F)cc(C(F)(F)F)c1)C(=O)O. The third-order valence-corrected chi connectivity index (χ3v) is 2.81. The van der Waals surface area contributed by atoms with Gasteiger partial charge in [-0.2, -0.15) is 26.3 Å². The Balaban J connectivity index is 3.36. The first-order valence-corrected chi connectivity index (χ1v) is 6.00. The standard InChI is InChI=1S/C13H11F6NO3/c1-11(2,10(22)23)20-9(21)6-3-7(12(14,15)16)5-8(4-6)13(17,18)19/h3-5H,1-2H3,(H,20,21)(H,22,23). The van der Waals surface area contributed by atoms with Gasteiger partial charge in [0.25, 0.3) is 5.91 Å². The van der Waals surface area contributed by atoms with Crippen molar-refractivity contribution in [3.05, 3.63) is 34.9 Å². The number of amides is 1. The molecule has 0 saturated heterocycles. The number of carboxylic acid groups (broad SMARTS) is 1. The van der Waals surface area contributed by atoms with Gasteiger partial charge in [-0.3, -0.25) is 4.79 Å². The molecule has 1 amide bonds. The van der Waals surface area contributed by atoms with Crippen LogP contribution in [0.25, 0.3) is 0 Å². The molecule has 0 aliphatic heterocycles. The van der Waals surface area contributed by atoms with Crippen LogP contribution < -0.4 is 5.32 Å². The summed E-state index contributed by atoms with van der Waals surface area (Å²) in [4.78, 5) is 22.7. The van der Waals surface area contributed by atoms with Gasteiger partial charge in [-0.25, -0.2) is 4.79 Å². The van der Waals surface area contributed by atoms with Crippen molar-refractivity contribution in [1.29, 1.82) is 0 Å². The first kappa shape index (κ1) is 18.8. The molecule has 0 saturated carbocycles. The molecule has 0 aromatic heterocycles. The number of nitrogens with one attached hydrogen (secondary N) is 1. The summed E-state index contributed by atoms with van der Waals surface area (Å²) in [5.74, 6) is -2.87. The van der Waals surface area contributed by atoms with E-state index in [0.717, 1.165) is 13.8 Å². The minimum atomic E-state index is -5.10. The Bertz CT molecular complexity index is 601. The van der Waals surface area contributed by atoms with Crippen molar-refractivity contribution in [2.45, 2.75) is 31.7 Å². The molecule has 0 aliphatic carbocycles. The molecule has 0 spiro atoms. The van der Waals surface area contributed by atoms with E-state index < -0.39 is 46.5 Å². The molecule has 0 radical (unpaired) electrons. The molecule has 1 aromatic carbocycles. The first-order chi connectivity index (χ1) is 10.1. The monoisotopic (exact) mass is 343 g/mol. The summed E-state index contributed by atoms with van der Waals surface area (Å²) >= 11 is 0. The van der Waals surface area contributed by atoms with Gasteiger partial charge in [0.1, 0.15) is 5.54 Å². The van der Waals surface area contributed by atoms with Crippen LogP contribution in [0.4, 0.5) is 26.3 Å². The van der Waals surface area contributed by atoms with Crippen molar-refractivity contribution in [2.24, 2.45) is 0 Å². The molecule has 0 unspecified atom stereocenters. The van der Waals surface area contributed by atoms with Crippen LogP contribution in [-0.4, -0.2) is 22.5 Å². The number of aliphatic carboxylic acids is 1. The minimum Gasteiger partial charge on any atom is -0.480 e. The van der Waals surface area contributed by atoms with E-state index in [9.17, 15) is 35.9 Å². The number of carboxylic acids is 1. The predicted octanol–water partition coefficient (Wildman–Crippen LogP) is 3.32. The minimum absolute atomic E-state index is 0.126. The maximum atomic E-state index is 12.7. The van der Waals surface area contributed by atoms with E-state index in [2.05, 4.69) is 0 Å². The molecule has 1 aromatic rings. The van der Waals surface area contributed by atoms with E-state index in [-0.39, 0.29) is 18.2 Å². The lowest BCUT2D eigenvalue weighted by atomic mass is 10.0. The van der Waals surface area contributed by atoms with Crippen LogP contribution in [0.2, 0.25) is 0 Å². The van der Waals surface area contributed by atoms with Crippen molar-refractivity contribution in [2.75, 3.05) is 0 Å². The third kappa shape index (κ3) is 4.60. The number of hydrogen-bond acceptors (Lipinski definition) is 2. The fourth-order valence-electron chi connectivity index (χ4n) is 1.50. The van der Waals surface area contributed by atoms with Crippen molar-refractivity contribution < 1.29 is 41.0 Å². The second-order valence-corrected chi connectivity index (χ2v) is 5.18. The van der Waals surface area contributed by atoms with Gasteiger partial charge >= 0.3 is 18.3 Å². The smallest absolute Gasteiger partial charge is 0.416 e. The van der Waals surface area contributed by atoms with Gasteiger partial charge in [0, 0.05) is 5.56 Å². The molecular weight excluding hydrogens is 332 g/mol. The summed E-state index contributed by atoms with van der Waals surface area (Å²) in [6.07, 6.45) is -10.2. The van der Waals surface area contributed by atoms with Gasteiger partial charge in [-0.15, -0.1) is 0 Å². The van der Waals surface area contributed by atoms with Gasteiger partial charge < -0.3 is 10.4 Å². The van der Waals surface area contributed by atoms with Crippen LogP contribution in [0.15, 0.2) is 18.2 Å². The van der Waals surface area contributed by atoms with E-state index in [1.54, 1.807) is 0 Å². The highest BCUT2D eigenvalue weighted by Crippen LogP contribution is 2.36. The predicted molar refractivity (Wildman–Crippen MR) is 65.6 cm³/mol. The summed E-state index contributed by atoms with van der Waals surface area (Å²) in [7, 11) is 0. The molecule has 0 fully saturated rings. The van der Waals surface area contributed by atoms with Crippen LogP contribution >= 0.6 is 0 Å². The molecule has 0 heterocycles. The zero-order valence-electron chi connectivity index (χ0n) is 11.8. The highest BCUT2D eigenvalue weighted by atomic mass is 19.4. The Morgan fingerprint density at radius 2 is 1.30 bits per heavy atom. The maximum absolute atomic E-state index is 12.7. The summed E-state index contributed by atoms with van der Waals surface area (Å²) < 4.78 is 76.0. The van der Waals surface area contributed by atoms with Crippen LogP contribution in [0.3, 0.4) is 0 Å². The van der Waals surface area contributed by atoms with Gasteiger partial charge in [0.15, 0.2) is 0 Å². The third-order valence-electron chi connectivity index (χ3n) is 2.81. The zero-order valence-corrected chi connectivity index (χ0v) is 11.8. The number of carbonyl (C=O) groups is 2. The van der Waals surface area contributed by atoms with Gasteiger partial charge in [0.2, 0.25) is 0 Å². The van der Waals surface area contributed by atoms with Gasteiger partial charge in [-0.05, 0) is 32.0 Å². The summed E-state index contributed by atoms with van der Waals surface area (Å²) in [5.41, 5.74) is -6.14. The summed E-state index contributed by atoms with van der Waals surface area (Å²) in [6.45, 7) is 2.07. The quantitative estimate of drug-likeness (QED) is 0.828. The lowest BCUT2D eigenvalue weighted by Gasteiger charge is -2.21. The van der Waals surface area contributed by atoms with Crippen LogP contribution in [0.5, 0.6) is 0 Å². The zero-order chi connectivity index (χ0) is 18.2. The number of halogens is 6. The Kier molecular flexibility index (Phi) is 4.69. The van der Waals surface area contributed by atoms with Crippen molar-refractivity contribution in [1.82, 2.24) is 5.32 Å². The maximum Gasteiger partial charge on any atom is 0.416 e. The number of carbonyl (C=O) groups excluding carboxylic acids is 1. The Hall–Kier alpha value is -2.26. The fourth-order valence-corrected chi connectivity index (χ4v) is 1.50.